The van der Waals surface area contributed by atoms with E-state index in [1.807, 2.05) is 0 Å². The summed E-state index contributed by atoms with van der Waals surface area (Å²) in [4.78, 5) is 47.1. The zero-order chi connectivity index (χ0) is 25.0. The van der Waals surface area contributed by atoms with Gasteiger partial charge in [0.05, 0.1) is 0 Å². The Labute approximate surface area is 197 Å². The Morgan fingerprint density at radius 3 is 0.516 bits per heavy atom. The Morgan fingerprint density at radius 2 is 0.516 bits per heavy atom. The molecule has 0 radical (unpaired) electrons. The maximum Gasteiger partial charge on any atom is 5.00 e. The van der Waals surface area contributed by atoms with Crippen LogP contribution in [0, 0.1) is 0 Å². The number of aliphatic carboxylic acids is 5. The smallest absolute Gasteiger partial charge is 0.550 e. The third-order valence-electron chi connectivity index (χ3n) is 1.56. The molecule has 11 heteroatoms. The maximum absolute atomic E-state index is 9.42. The molecular formula is C20H25O10Ta. The molecule has 0 heterocycles. The number of carbonyl (C=O) groups excluding carboxylic acids is 5. The van der Waals surface area contributed by atoms with Crippen molar-refractivity contribution in [1.29, 1.82) is 0 Å². The number of hydrogen-bond donors (Lipinski definition) is 0. The maximum atomic E-state index is 9.42. The summed E-state index contributed by atoms with van der Waals surface area (Å²) in [6.45, 7) is 15.9. The van der Waals surface area contributed by atoms with Crippen LogP contribution in [0.15, 0.2) is 63.3 Å². The topological polar surface area (TPSA) is 201 Å². The van der Waals surface area contributed by atoms with E-state index in [-0.39, 0.29) is 54.5 Å². The van der Waals surface area contributed by atoms with Crippen LogP contribution in [0.4, 0.5) is 0 Å². The fourth-order valence-corrected chi connectivity index (χ4v) is 0.589. The third kappa shape index (κ3) is 118. The van der Waals surface area contributed by atoms with Crippen molar-refractivity contribution in [2.24, 2.45) is 0 Å². The summed E-state index contributed by atoms with van der Waals surface area (Å²) in [6.07, 6.45) is 6.16. The van der Waals surface area contributed by atoms with E-state index in [1.54, 1.807) is 0 Å². The van der Waals surface area contributed by atoms with E-state index in [1.165, 1.54) is 30.4 Å². The molecule has 170 valence electrons. The largest absolute Gasteiger partial charge is 5.00 e. The Balaban J connectivity index is -0.0000000625. The van der Waals surface area contributed by atoms with E-state index in [0.29, 0.717) is 0 Å². The molecule has 0 atom stereocenters. The summed E-state index contributed by atoms with van der Waals surface area (Å²) in [6, 6.07) is 0. The van der Waals surface area contributed by atoms with E-state index in [9.17, 15) is 49.5 Å². The molecule has 0 amide bonds. The minimum absolute atomic E-state index is 0. The van der Waals surface area contributed by atoms with Gasteiger partial charge in [-0.3, -0.25) is 0 Å². The van der Waals surface area contributed by atoms with Gasteiger partial charge in [-0.25, -0.2) is 0 Å². The van der Waals surface area contributed by atoms with Crippen LogP contribution in [0.3, 0.4) is 0 Å². The average molecular weight is 606 g/mol. The van der Waals surface area contributed by atoms with Gasteiger partial charge in [0.15, 0.2) is 0 Å². The molecule has 0 spiro atoms. The molecule has 0 aliphatic carbocycles. The average Bonchev–Trinajstić information content (AvgIpc) is 2.56. The molecule has 0 N–H and O–H groups in total. The second-order valence-corrected chi connectivity index (χ2v) is 4.32. The molecule has 0 rings (SSSR count). The first kappa shape index (κ1) is 42.0. The van der Waals surface area contributed by atoms with Crippen molar-refractivity contribution in [1.82, 2.24) is 0 Å². The van der Waals surface area contributed by atoms with E-state index >= 15 is 0 Å². The van der Waals surface area contributed by atoms with Crippen molar-refractivity contribution in [3.63, 3.8) is 0 Å². The minimum atomic E-state index is -1.08. The van der Waals surface area contributed by atoms with Gasteiger partial charge in [-0.15, -0.1) is 32.9 Å². The van der Waals surface area contributed by atoms with Gasteiger partial charge in [-0.05, 0) is 0 Å². The Kier molecular flexibility index (Phi) is 50.9. The van der Waals surface area contributed by atoms with Gasteiger partial charge >= 0.3 is 22.4 Å². The summed E-state index contributed by atoms with van der Waals surface area (Å²) < 4.78 is 0. The molecule has 0 unspecified atom stereocenters. The Hall–Kier alpha value is -3.21. The van der Waals surface area contributed by atoms with Crippen molar-refractivity contribution < 1.29 is 71.9 Å². The Bertz CT molecular complexity index is 452. The normalized spacial score (nSPS) is 7.10. The first-order valence-corrected chi connectivity index (χ1v) is 7.89. The van der Waals surface area contributed by atoms with Crippen LogP contribution in [0.5, 0.6) is 0 Å². The SMILES string of the molecule is C=CCC(=O)[O-].C=CCC(=O)[O-].C=CCC(=O)[O-].C=CCC(=O)[O-].C=CCC(=O)[O-].[Ta+5]. The van der Waals surface area contributed by atoms with Crippen LogP contribution in [-0.2, 0) is 46.4 Å². The van der Waals surface area contributed by atoms with E-state index in [4.69, 9.17) is 0 Å². The molecule has 0 aromatic heterocycles. The van der Waals surface area contributed by atoms with Crippen molar-refractivity contribution in [3.05, 3.63) is 63.3 Å². The van der Waals surface area contributed by atoms with Gasteiger partial charge in [0.25, 0.3) is 0 Å². The van der Waals surface area contributed by atoms with Gasteiger partial charge in [0.2, 0.25) is 0 Å². The van der Waals surface area contributed by atoms with E-state index in [0.717, 1.165) is 0 Å². The quantitative estimate of drug-likeness (QED) is 0.225. The van der Waals surface area contributed by atoms with Gasteiger partial charge in [0, 0.05) is 62.0 Å². The predicted molar refractivity (Wildman–Crippen MR) is 99.1 cm³/mol. The summed E-state index contributed by atoms with van der Waals surface area (Å²) in [5.74, 6) is -5.39. The predicted octanol–water partition coefficient (Wildman–Crippen LogP) is -3.44. The Morgan fingerprint density at radius 1 is 0.419 bits per heavy atom. The monoisotopic (exact) mass is 606 g/mol. The van der Waals surface area contributed by atoms with E-state index in [2.05, 4.69) is 32.9 Å². The number of hydrogen-bond acceptors (Lipinski definition) is 10. The molecule has 0 aliphatic heterocycles. The molecule has 0 fully saturated rings. The van der Waals surface area contributed by atoms with Crippen LogP contribution < -0.4 is 25.5 Å². The molecule has 0 saturated carbocycles. The molecule has 0 aliphatic rings. The van der Waals surface area contributed by atoms with Crippen molar-refractivity contribution in [3.8, 4) is 0 Å². The number of carboxylic acid groups (broad SMARTS) is 5. The minimum Gasteiger partial charge on any atom is -0.550 e. The number of carboxylic acids is 5. The van der Waals surface area contributed by atoms with Gasteiger partial charge in [-0.1, -0.05) is 30.4 Å². The third-order valence-corrected chi connectivity index (χ3v) is 1.56. The number of carbonyl (C=O) groups is 5. The van der Waals surface area contributed by atoms with Crippen molar-refractivity contribution in [2.75, 3.05) is 0 Å². The van der Waals surface area contributed by atoms with Crippen LogP contribution >= 0.6 is 0 Å². The number of rotatable bonds is 10. The molecule has 0 bridgehead atoms. The van der Waals surface area contributed by atoms with Gasteiger partial charge in [0.1, 0.15) is 0 Å². The van der Waals surface area contributed by atoms with Gasteiger partial charge < -0.3 is 49.5 Å². The van der Waals surface area contributed by atoms with Crippen LogP contribution in [0.25, 0.3) is 0 Å². The zero-order valence-corrected chi connectivity index (χ0v) is 20.2. The van der Waals surface area contributed by atoms with Gasteiger partial charge in [-0.2, -0.15) is 0 Å². The molecule has 10 nitrogen and oxygen atoms in total. The molecular weight excluding hydrogens is 581 g/mol. The second-order valence-electron chi connectivity index (χ2n) is 4.32. The van der Waals surface area contributed by atoms with Crippen LogP contribution in [-0.4, -0.2) is 29.8 Å². The summed E-state index contributed by atoms with van der Waals surface area (Å²) in [7, 11) is 0. The van der Waals surface area contributed by atoms with Crippen molar-refractivity contribution in [2.45, 2.75) is 32.1 Å². The van der Waals surface area contributed by atoms with Crippen LogP contribution in [0.2, 0.25) is 0 Å². The standard InChI is InChI=1S/5C4H6O2.Ta/c5*1-2-3-4(5)6;/h5*2H,1,3H2,(H,5,6);/q;;;;;+5/p-5. The molecule has 0 aromatic carbocycles. The zero-order valence-electron chi connectivity index (χ0n) is 17.0. The first-order valence-electron chi connectivity index (χ1n) is 7.89. The second kappa shape index (κ2) is 37.5. The van der Waals surface area contributed by atoms with Crippen molar-refractivity contribution >= 4 is 29.8 Å². The fourth-order valence-electron chi connectivity index (χ4n) is 0.589. The fraction of sp³-hybridized carbons (Fsp3) is 0.250. The molecule has 31 heavy (non-hydrogen) atoms. The molecule has 0 saturated heterocycles. The summed E-state index contributed by atoms with van der Waals surface area (Å²) in [5, 5.41) is 47.1. The summed E-state index contributed by atoms with van der Waals surface area (Å²) in [5.41, 5.74) is 0. The summed E-state index contributed by atoms with van der Waals surface area (Å²) >= 11 is 0. The first-order chi connectivity index (χ1) is 13.9. The molecule has 0 aromatic rings. The van der Waals surface area contributed by atoms with Crippen LogP contribution in [0.1, 0.15) is 32.1 Å². The van der Waals surface area contributed by atoms with E-state index < -0.39 is 29.8 Å².